The highest BCUT2D eigenvalue weighted by atomic mass is 32.1. The highest BCUT2D eigenvalue weighted by Crippen LogP contribution is 2.19. The first-order valence-electron chi connectivity index (χ1n) is 6.32. The zero-order valence-electron chi connectivity index (χ0n) is 11.7. The van der Waals surface area contributed by atoms with E-state index in [1.165, 1.54) is 11.3 Å². The minimum absolute atomic E-state index is 0.800. The predicted molar refractivity (Wildman–Crippen MR) is 83.4 cm³/mol. The van der Waals surface area contributed by atoms with Crippen LogP contribution in [0.4, 0.5) is 5.69 Å². The van der Waals surface area contributed by atoms with E-state index in [4.69, 9.17) is 12.2 Å². The fourth-order valence-corrected chi connectivity index (χ4v) is 2.10. The highest BCUT2D eigenvalue weighted by molar-refractivity contribution is 7.80. The van der Waals surface area contributed by atoms with Gasteiger partial charge in [0.15, 0.2) is 5.11 Å². The molecule has 1 rings (SSSR count). The van der Waals surface area contributed by atoms with Crippen LogP contribution in [0.15, 0.2) is 24.3 Å². The third kappa shape index (κ3) is 4.27. The van der Waals surface area contributed by atoms with E-state index >= 15 is 0 Å². The van der Waals surface area contributed by atoms with Crippen molar-refractivity contribution in [3.8, 4) is 0 Å². The summed E-state index contributed by atoms with van der Waals surface area (Å²) in [7, 11) is 4.12. The monoisotopic (exact) mass is 265 g/mol. The van der Waals surface area contributed by atoms with Gasteiger partial charge < -0.3 is 15.1 Å². The van der Waals surface area contributed by atoms with Gasteiger partial charge in [-0.05, 0) is 51.8 Å². The molecule has 0 heterocycles. The molecule has 0 bridgehead atoms. The molecule has 0 saturated carbocycles. The molecule has 1 aromatic rings. The number of rotatable bonds is 5. The lowest BCUT2D eigenvalue weighted by Gasteiger charge is -2.26. The fourth-order valence-electron chi connectivity index (χ4n) is 1.77. The Morgan fingerprint density at radius 1 is 1.28 bits per heavy atom. The van der Waals surface area contributed by atoms with Crippen molar-refractivity contribution in [1.82, 2.24) is 10.2 Å². The zero-order valence-corrected chi connectivity index (χ0v) is 12.5. The van der Waals surface area contributed by atoms with Crippen LogP contribution in [0.1, 0.15) is 12.5 Å². The highest BCUT2D eigenvalue weighted by Gasteiger charge is 2.11. The van der Waals surface area contributed by atoms with Gasteiger partial charge in [-0.2, -0.15) is 0 Å². The Bertz CT molecular complexity index is 390. The van der Waals surface area contributed by atoms with Gasteiger partial charge in [-0.25, -0.2) is 0 Å². The summed E-state index contributed by atoms with van der Waals surface area (Å²) in [5, 5.41) is 4.11. The molecule has 0 spiro atoms. The second-order valence-electron chi connectivity index (χ2n) is 4.57. The number of hydrogen-bond acceptors (Lipinski definition) is 2. The van der Waals surface area contributed by atoms with Crippen LogP contribution in [0.25, 0.3) is 0 Å². The third-order valence-electron chi connectivity index (χ3n) is 2.80. The maximum Gasteiger partial charge on any atom is 0.173 e. The van der Waals surface area contributed by atoms with E-state index in [1.54, 1.807) is 0 Å². The SMILES string of the molecule is CCN(C(=S)NCCN(C)C)c1ccccc1C. The van der Waals surface area contributed by atoms with Crippen LogP contribution in [0.3, 0.4) is 0 Å². The molecule has 0 atom stereocenters. The summed E-state index contributed by atoms with van der Waals surface area (Å²) >= 11 is 5.46. The molecule has 3 nitrogen and oxygen atoms in total. The number of nitrogens with one attached hydrogen (secondary N) is 1. The summed E-state index contributed by atoms with van der Waals surface area (Å²) in [6, 6.07) is 8.32. The summed E-state index contributed by atoms with van der Waals surface area (Å²) in [6.07, 6.45) is 0. The van der Waals surface area contributed by atoms with Crippen LogP contribution in [-0.2, 0) is 0 Å². The van der Waals surface area contributed by atoms with E-state index in [9.17, 15) is 0 Å². The molecule has 0 aromatic heterocycles. The van der Waals surface area contributed by atoms with E-state index in [-0.39, 0.29) is 0 Å². The first kappa shape index (κ1) is 14.9. The standard InChI is InChI=1S/C14H23N3S/c1-5-17(13-9-7-6-8-12(13)2)14(18)15-10-11-16(3)4/h6-9H,5,10-11H2,1-4H3,(H,15,18). The second-order valence-corrected chi connectivity index (χ2v) is 4.95. The summed E-state index contributed by atoms with van der Waals surface area (Å²) < 4.78 is 0. The second kappa shape index (κ2) is 7.34. The van der Waals surface area contributed by atoms with Crippen molar-refractivity contribution in [3.63, 3.8) is 0 Å². The van der Waals surface area contributed by atoms with Crippen molar-refractivity contribution in [2.75, 3.05) is 38.6 Å². The maximum atomic E-state index is 5.46. The van der Waals surface area contributed by atoms with E-state index in [2.05, 4.69) is 61.3 Å². The van der Waals surface area contributed by atoms with Crippen molar-refractivity contribution in [2.45, 2.75) is 13.8 Å². The van der Waals surface area contributed by atoms with Crippen molar-refractivity contribution < 1.29 is 0 Å². The minimum atomic E-state index is 0.800. The van der Waals surface area contributed by atoms with Gasteiger partial charge in [0.2, 0.25) is 0 Å². The quantitative estimate of drug-likeness (QED) is 0.823. The molecule has 0 aliphatic carbocycles. The van der Waals surface area contributed by atoms with Crippen molar-refractivity contribution >= 4 is 23.0 Å². The van der Waals surface area contributed by atoms with Gasteiger partial charge in [0.25, 0.3) is 0 Å². The average Bonchev–Trinajstić information content (AvgIpc) is 2.32. The molecule has 0 radical (unpaired) electrons. The Morgan fingerprint density at radius 3 is 2.50 bits per heavy atom. The number of aryl methyl sites for hydroxylation is 1. The molecule has 0 fully saturated rings. The Morgan fingerprint density at radius 2 is 1.94 bits per heavy atom. The lowest BCUT2D eigenvalue weighted by molar-refractivity contribution is 0.413. The van der Waals surface area contributed by atoms with E-state index < -0.39 is 0 Å². The van der Waals surface area contributed by atoms with Crippen LogP contribution in [0.5, 0.6) is 0 Å². The van der Waals surface area contributed by atoms with Crippen molar-refractivity contribution in [2.24, 2.45) is 0 Å². The van der Waals surface area contributed by atoms with Gasteiger partial charge >= 0.3 is 0 Å². The smallest absolute Gasteiger partial charge is 0.173 e. The first-order valence-corrected chi connectivity index (χ1v) is 6.72. The van der Waals surface area contributed by atoms with Crippen molar-refractivity contribution in [1.29, 1.82) is 0 Å². The Kier molecular flexibility index (Phi) is 6.09. The molecule has 0 aliphatic rings. The van der Waals surface area contributed by atoms with Crippen LogP contribution in [0.2, 0.25) is 0 Å². The van der Waals surface area contributed by atoms with E-state index in [0.29, 0.717) is 0 Å². The number of anilines is 1. The molecule has 100 valence electrons. The van der Waals surface area contributed by atoms with Gasteiger partial charge in [-0.15, -0.1) is 0 Å². The molecule has 0 unspecified atom stereocenters. The Labute approximate surface area is 116 Å². The summed E-state index contributed by atoms with van der Waals surface area (Å²) in [5.74, 6) is 0. The number of thiocarbonyl (C=S) groups is 1. The molecule has 1 N–H and O–H groups in total. The summed E-state index contributed by atoms with van der Waals surface area (Å²) in [5.41, 5.74) is 2.43. The number of nitrogens with zero attached hydrogens (tertiary/aromatic N) is 2. The molecule has 18 heavy (non-hydrogen) atoms. The van der Waals surface area contributed by atoms with Gasteiger partial charge in [0.1, 0.15) is 0 Å². The van der Waals surface area contributed by atoms with Gasteiger partial charge in [-0.1, -0.05) is 18.2 Å². The molecule has 1 aromatic carbocycles. The Balaban J connectivity index is 2.66. The first-order chi connectivity index (χ1) is 8.56. The molecule has 0 amide bonds. The summed E-state index contributed by atoms with van der Waals surface area (Å²) in [6.45, 7) is 6.95. The zero-order chi connectivity index (χ0) is 13.5. The number of likely N-dealkylation sites (N-methyl/N-ethyl adjacent to an activating group) is 1. The molecule has 0 saturated heterocycles. The number of hydrogen-bond donors (Lipinski definition) is 1. The van der Waals surface area contributed by atoms with Crippen LogP contribution < -0.4 is 10.2 Å². The van der Waals surface area contributed by atoms with Crippen LogP contribution in [0, 0.1) is 6.92 Å². The molecular weight excluding hydrogens is 242 g/mol. The lowest BCUT2D eigenvalue weighted by Crippen LogP contribution is -2.42. The maximum absolute atomic E-state index is 5.46. The predicted octanol–water partition coefficient (Wildman–Crippen LogP) is 2.26. The van der Waals surface area contributed by atoms with Crippen LogP contribution in [-0.4, -0.2) is 43.7 Å². The van der Waals surface area contributed by atoms with Gasteiger partial charge in [-0.3, -0.25) is 0 Å². The molecule has 0 aliphatic heterocycles. The molecular formula is C14H23N3S. The van der Waals surface area contributed by atoms with Crippen LogP contribution >= 0.6 is 12.2 Å². The Hall–Kier alpha value is -1.13. The number of benzene rings is 1. The minimum Gasteiger partial charge on any atom is -0.361 e. The largest absolute Gasteiger partial charge is 0.361 e. The van der Waals surface area contributed by atoms with E-state index in [0.717, 1.165) is 24.7 Å². The normalized spacial score (nSPS) is 10.5. The van der Waals surface area contributed by atoms with E-state index in [1.807, 2.05) is 6.07 Å². The average molecular weight is 265 g/mol. The lowest BCUT2D eigenvalue weighted by atomic mass is 10.2. The van der Waals surface area contributed by atoms with Gasteiger partial charge in [0, 0.05) is 25.3 Å². The number of para-hydroxylation sites is 1. The van der Waals surface area contributed by atoms with Gasteiger partial charge in [0.05, 0.1) is 0 Å². The fraction of sp³-hybridized carbons (Fsp3) is 0.500. The molecule has 4 heteroatoms. The third-order valence-corrected chi connectivity index (χ3v) is 3.17. The summed E-state index contributed by atoms with van der Waals surface area (Å²) in [4.78, 5) is 4.28. The van der Waals surface area contributed by atoms with Crippen molar-refractivity contribution in [3.05, 3.63) is 29.8 Å². The topological polar surface area (TPSA) is 18.5 Å².